The number of fused-ring (bicyclic) bond motifs is 1. The SMILES string of the molecule is C[C@@H]1N[C@@H]([C@@H]2COC(C)(C)O2)[C@@H]2OC(C)(C)O[C@@H]21. The van der Waals surface area contributed by atoms with E-state index in [2.05, 4.69) is 12.2 Å². The van der Waals surface area contributed by atoms with Crippen LogP contribution in [0.4, 0.5) is 0 Å². The normalized spacial score (nSPS) is 49.5. The third-order valence-corrected chi connectivity index (χ3v) is 3.90. The quantitative estimate of drug-likeness (QED) is 0.760. The monoisotopic (exact) mass is 257 g/mol. The van der Waals surface area contributed by atoms with Gasteiger partial charge in [0.1, 0.15) is 18.3 Å². The zero-order valence-electron chi connectivity index (χ0n) is 11.7. The molecular formula is C13H23NO4. The van der Waals surface area contributed by atoms with Crippen molar-refractivity contribution in [3.05, 3.63) is 0 Å². The molecule has 5 atom stereocenters. The van der Waals surface area contributed by atoms with Gasteiger partial charge in [0.2, 0.25) is 0 Å². The van der Waals surface area contributed by atoms with Crippen molar-refractivity contribution in [2.75, 3.05) is 6.61 Å². The summed E-state index contributed by atoms with van der Waals surface area (Å²) in [4.78, 5) is 0. The summed E-state index contributed by atoms with van der Waals surface area (Å²) in [5.74, 6) is -0.998. The predicted molar refractivity (Wildman–Crippen MR) is 65.1 cm³/mol. The summed E-state index contributed by atoms with van der Waals surface area (Å²) in [5.41, 5.74) is 0. The molecule has 3 aliphatic rings. The predicted octanol–water partition coefficient (Wildman–Crippen LogP) is 1.02. The summed E-state index contributed by atoms with van der Waals surface area (Å²) in [6.07, 6.45) is 0.157. The van der Waals surface area contributed by atoms with Crippen molar-refractivity contribution in [1.29, 1.82) is 0 Å². The number of rotatable bonds is 1. The highest BCUT2D eigenvalue weighted by molar-refractivity contribution is 5.06. The topological polar surface area (TPSA) is 49.0 Å². The van der Waals surface area contributed by atoms with Crippen molar-refractivity contribution in [1.82, 2.24) is 5.32 Å². The van der Waals surface area contributed by atoms with Gasteiger partial charge in [0, 0.05) is 6.04 Å². The van der Waals surface area contributed by atoms with Crippen LogP contribution in [0.25, 0.3) is 0 Å². The fraction of sp³-hybridized carbons (Fsp3) is 1.00. The van der Waals surface area contributed by atoms with Gasteiger partial charge in [0.05, 0.1) is 12.6 Å². The van der Waals surface area contributed by atoms with Crippen LogP contribution in [0.3, 0.4) is 0 Å². The molecule has 1 N–H and O–H groups in total. The van der Waals surface area contributed by atoms with E-state index in [1.807, 2.05) is 27.7 Å². The Morgan fingerprint density at radius 3 is 2.22 bits per heavy atom. The molecule has 0 aromatic carbocycles. The first kappa shape index (κ1) is 12.8. The second-order valence-corrected chi connectivity index (χ2v) is 6.41. The highest BCUT2D eigenvalue weighted by atomic mass is 16.8. The zero-order valence-corrected chi connectivity index (χ0v) is 11.7. The highest BCUT2D eigenvalue weighted by Gasteiger charge is 2.56. The molecule has 18 heavy (non-hydrogen) atoms. The highest BCUT2D eigenvalue weighted by Crippen LogP contribution is 2.38. The van der Waals surface area contributed by atoms with Gasteiger partial charge in [-0.1, -0.05) is 0 Å². The molecule has 3 aliphatic heterocycles. The minimum absolute atomic E-state index is 0.0231. The van der Waals surface area contributed by atoms with Crippen molar-refractivity contribution >= 4 is 0 Å². The minimum atomic E-state index is -0.501. The largest absolute Gasteiger partial charge is 0.348 e. The second kappa shape index (κ2) is 3.90. The Balaban J connectivity index is 1.75. The lowest BCUT2D eigenvalue weighted by atomic mass is 10.0. The molecule has 3 heterocycles. The molecule has 0 aliphatic carbocycles. The van der Waals surface area contributed by atoms with Crippen molar-refractivity contribution in [2.45, 2.75) is 76.6 Å². The number of nitrogens with one attached hydrogen (secondary N) is 1. The molecule has 0 saturated carbocycles. The van der Waals surface area contributed by atoms with E-state index < -0.39 is 11.6 Å². The van der Waals surface area contributed by atoms with Crippen LogP contribution in [0.2, 0.25) is 0 Å². The Morgan fingerprint density at radius 2 is 1.61 bits per heavy atom. The Hall–Kier alpha value is -0.200. The molecular weight excluding hydrogens is 234 g/mol. The first-order chi connectivity index (χ1) is 8.27. The molecule has 5 nitrogen and oxygen atoms in total. The smallest absolute Gasteiger partial charge is 0.163 e. The molecule has 0 amide bonds. The Bertz CT molecular complexity index is 344. The summed E-state index contributed by atoms with van der Waals surface area (Å²) in [7, 11) is 0. The first-order valence-electron chi connectivity index (χ1n) is 6.71. The van der Waals surface area contributed by atoms with E-state index in [1.54, 1.807) is 0 Å². The standard InChI is InChI=1S/C13H23NO4/c1-7-10-11(18-13(4,5)17-10)9(14-7)8-6-15-12(2,3)16-8/h7-11,14H,6H2,1-5H3/t7-,8-,9-,10+,11-/m0/s1. The maximum atomic E-state index is 6.02. The Labute approximate surface area is 108 Å². The van der Waals surface area contributed by atoms with E-state index in [9.17, 15) is 0 Å². The van der Waals surface area contributed by atoms with Crippen LogP contribution in [0, 0.1) is 0 Å². The van der Waals surface area contributed by atoms with E-state index >= 15 is 0 Å². The molecule has 0 aromatic rings. The molecule has 0 spiro atoms. The minimum Gasteiger partial charge on any atom is -0.348 e. The Kier molecular flexibility index (Phi) is 2.78. The van der Waals surface area contributed by atoms with E-state index in [4.69, 9.17) is 18.9 Å². The molecule has 0 aromatic heterocycles. The van der Waals surface area contributed by atoms with E-state index in [0.29, 0.717) is 6.61 Å². The van der Waals surface area contributed by atoms with Gasteiger partial charge >= 0.3 is 0 Å². The molecule has 0 unspecified atom stereocenters. The van der Waals surface area contributed by atoms with Crippen LogP contribution in [0.1, 0.15) is 34.6 Å². The van der Waals surface area contributed by atoms with Crippen LogP contribution in [-0.2, 0) is 18.9 Å². The third-order valence-electron chi connectivity index (χ3n) is 3.90. The molecule has 3 saturated heterocycles. The van der Waals surface area contributed by atoms with Gasteiger partial charge in [-0.3, -0.25) is 0 Å². The number of ether oxygens (including phenoxy) is 4. The van der Waals surface area contributed by atoms with Gasteiger partial charge in [-0.2, -0.15) is 0 Å². The molecule has 3 fully saturated rings. The third kappa shape index (κ3) is 2.08. The summed E-state index contributed by atoms with van der Waals surface area (Å²) >= 11 is 0. The average molecular weight is 257 g/mol. The van der Waals surface area contributed by atoms with Gasteiger partial charge in [0.25, 0.3) is 0 Å². The zero-order chi connectivity index (χ0) is 13.1. The van der Waals surface area contributed by atoms with Crippen LogP contribution in [0.5, 0.6) is 0 Å². The van der Waals surface area contributed by atoms with E-state index in [1.165, 1.54) is 0 Å². The van der Waals surface area contributed by atoms with Gasteiger partial charge in [-0.05, 0) is 34.6 Å². The molecule has 104 valence electrons. The van der Waals surface area contributed by atoms with Crippen LogP contribution in [-0.4, -0.2) is 48.6 Å². The fourth-order valence-electron chi connectivity index (χ4n) is 3.19. The second-order valence-electron chi connectivity index (χ2n) is 6.41. The van der Waals surface area contributed by atoms with Crippen LogP contribution >= 0.6 is 0 Å². The first-order valence-corrected chi connectivity index (χ1v) is 6.71. The van der Waals surface area contributed by atoms with E-state index in [-0.39, 0.29) is 30.4 Å². The van der Waals surface area contributed by atoms with Gasteiger partial charge in [-0.15, -0.1) is 0 Å². The van der Waals surface area contributed by atoms with Gasteiger partial charge < -0.3 is 24.3 Å². The van der Waals surface area contributed by atoms with Crippen molar-refractivity contribution in [3.63, 3.8) is 0 Å². The lowest BCUT2D eigenvalue weighted by molar-refractivity contribution is -0.167. The number of hydrogen-bond acceptors (Lipinski definition) is 5. The molecule has 0 bridgehead atoms. The summed E-state index contributed by atoms with van der Waals surface area (Å²) in [6, 6.07) is 0.405. The summed E-state index contributed by atoms with van der Waals surface area (Å²) in [5, 5.41) is 3.52. The fourth-order valence-corrected chi connectivity index (χ4v) is 3.19. The van der Waals surface area contributed by atoms with Crippen molar-refractivity contribution in [3.8, 4) is 0 Å². The maximum absolute atomic E-state index is 6.02. The van der Waals surface area contributed by atoms with Crippen molar-refractivity contribution < 1.29 is 18.9 Å². The average Bonchev–Trinajstić information content (AvgIpc) is 2.81. The Morgan fingerprint density at radius 1 is 0.944 bits per heavy atom. The van der Waals surface area contributed by atoms with Gasteiger partial charge in [0.15, 0.2) is 11.6 Å². The summed E-state index contributed by atoms with van der Waals surface area (Å²) in [6.45, 7) is 10.5. The number of hydrogen-bond donors (Lipinski definition) is 1. The maximum Gasteiger partial charge on any atom is 0.163 e. The summed E-state index contributed by atoms with van der Waals surface area (Å²) < 4.78 is 23.5. The molecule has 0 radical (unpaired) electrons. The lowest BCUT2D eigenvalue weighted by Gasteiger charge is -2.27. The van der Waals surface area contributed by atoms with Crippen molar-refractivity contribution in [2.24, 2.45) is 0 Å². The van der Waals surface area contributed by atoms with Crippen LogP contribution < -0.4 is 5.32 Å². The lowest BCUT2D eigenvalue weighted by Crippen LogP contribution is -2.46. The van der Waals surface area contributed by atoms with Crippen LogP contribution in [0.15, 0.2) is 0 Å². The van der Waals surface area contributed by atoms with Gasteiger partial charge in [-0.25, -0.2) is 0 Å². The molecule has 3 rings (SSSR count). The van der Waals surface area contributed by atoms with E-state index in [0.717, 1.165) is 0 Å². The molecule has 5 heteroatoms.